The molecule has 1 atom stereocenters. The summed E-state index contributed by atoms with van der Waals surface area (Å²) in [7, 11) is 0. The molecular formula is C26H31NO4. The molecule has 1 amide bonds. The Morgan fingerprint density at radius 3 is 2.19 bits per heavy atom. The van der Waals surface area contributed by atoms with Gasteiger partial charge in [0, 0.05) is 5.92 Å². The number of carbonyl (C=O) groups excluding carboxylic acids is 1. The quantitative estimate of drug-likeness (QED) is 0.350. The summed E-state index contributed by atoms with van der Waals surface area (Å²) < 4.78 is 5.52. The number of unbranched alkanes of at least 4 members (excludes halogenated alkanes) is 4. The molecule has 0 saturated heterocycles. The first-order chi connectivity index (χ1) is 15.0. The molecule has 0 radical (unpaired) electrons. The highest BCUT2D eigenvalue weighted by atomic mass is 16.5. The number of fused-ring (bicyclic) bond motifs is 3. The minimum atomic E-state index is -1.35. The van der Waals surface area contributed by atoms with Crippen LogP contribution < -0.4 is 5.32 Å². The van der Waals surface area contributed by atoms with Crippen molar-refractivity contribution in [1.29, 1.82) is 0 Å². The molecule has 0 heterocycles. The van der Waals surface area contributed by atoms with E-state index in [1.807, 2.05) is 30.3 Å². The molecule has 2 N–H and O–H groups in total. The number of ether oxygens (including phenoxy) is 1. The first kappa shape index (κ1) is 22.6. The maximum Gasteiger partial charge on any atom is 0.408 e. The van der Waals surface area contributed by atoms with Crippen molar-refractivity contribution in [2.24, 2.45) is 0 Å². The molecule has 0 bridgehead atoms. The topological polar surface area (TPSA) is 75.6 Å². The average Bonchev–Trinajstić information content (AvgIpc) is 3.08. The van der Waals surface area contributed by atoms with E-state index in [1.54, 1.807) is 6.92 Å². The Morgan fingerprint density at radius 2 is 1.61 bits per heavy atom. The van der Waals surface area contributed by atoms with Gasteiger partial charge >= 0.3 is 12.1 Å². The van der Waals surface area contributed by atoms with Gasteiger partial charge in [-0.3, -0.25) is 0 Å². The predicted molar refractivity (Wildman–Crippen MR) is 122 cm³/mol. The Labute approximate surface area is 184 Å². The van der Waals surface area contributed by atoms with Crippen LogP contribution >= 0.6 is 0 Å². The van der Waals surface area contributed by atoms with Gasteiger partial charge in [-0.25, -0.2) is 9.59 Å². The molecule has 2 aromatic rings. The van der Waals surface area contributed by atoms with E-state index in [0.29, 0.717) is 6.42 Å². The van der Waals surface area contributed by atoms with Crippen LogP contribution in [0.3, 0.4) is 0 Å². The third kappa shape index (κ3) is 5.35. The number of nitrogens with one attached hydrogen (secondary N) is 1. The van der Waals surface area contributed by atoms with E-state index in [4.69, 9.17) is 4.74 Å². The fourth-order valence-corrected chi connectivity index (χ4v) is 4.20. The summed E-state index contributed by atoms with van der Waals surface area (Å²) in [4.78, 5) is 24.3. The minimum absolute atomic E-state index is 0.0564. The lowest BCUT2D eigenvalue weighted by Crippen LogP contribution is -2.52. The average molecular weight is 422 g/mol. The first-order valence-electron chi connectivity index (χ1n) is 10.9. The SMILES string of the molecule is C=CCCCCCCC(C)(NC(=O)OCC1c2ccccc2-c2ccccc21)C(=O)O. The van der Waals surface area contributed by atoms with Gasteiger partial charge in [0.15, 0.2) is 0 Å². The number of aliphatic carboxylic acids is 1. The zero-order valence-electron chi connectivity index (χ0n) is 18.1. The van der Waals surface area contributed by atoms with Crippen LogP contribution in [0.1, 0.15) is 62.5 Å². The third-order valence-corrected chi connectivity index (χ3v) is 6.03. The van der Waals surface area contributed by atoms with Crippen LogP contribution in [0.15, 0.2) is 61.2 Å². The number of amides is 1. The van der Waals surface area contributed by atoms with Gasteiger partial charge < -0.3 is 15.2 Å². The zero-order chi connectivity index (χ0) is 22.3. The van der Waals surface area contributed by atoms with E-state index >= 15 is 0 Å². The molecule has 5 nitrogen and oxygen atoms in total. The first-order valence-corrected chi connectivity index (χ1v) is 10.9. The van der Waals surface area contributed by atoms with Crippen molar-refractivity contribution in [2.75, 3.05) is 6.61 Å². The number of rotatable bonds is 11. The summed E-state index contributed by atoms with van der Waals surface area (Å²) in [5, 5.41) is 12.3. The lowest BCUT2D eigenvalue weighted by atomic mass is 9.94. The monoisotopic (exact) mass is 421 g/mol. The van der Waals surface area contributed by atoms with Crippen molar-refractivity contribution >= 4 is 12.1 Å². The Morgan fingerprint density at radius 1 is 1.03 bits per heavy atom. The molecule has 0 aliphatic heterocycles. The predicted octanol–water partition coefficient (Wildman–Crippen LogP) is 5.90. The second kappa shape index (κ2) is 10.3. The van der Waals surface area contributed by atoms with Gasteiger partial charge in [-0.15, -0.1) is 6.58 Å². The van der Waals surface area contributed by atoms with Gasteiger partial charge in [0.05, 0.1) is 0 Å². The fraction of sp³-hybridized carbons (Fsp3) is 0.385. The maximum atomic E-state index is 12.5. The summed E-state index contributed by atoms with van der Waals surface area (Å²) in [6.45, 7) is 5.41. The van der Waals surface area contributed by atoms with Crippen LogP contribution in [0.4, 0.5) is 4.79 Å². The number of alkyl carbamates (subject to hydrolysis) is 1. The molecule has 1 aliphatic rings. The lowest BCUT2D eigenvalue weighted by molar-refractivity contribution is -0.144. The van der Waals surface area contributed by atoms with E-state index in [2.05, 4.69) is 36.2 Å². The molecule has 164 valence electrons. The van der Waals surface area contributed by atoms with Crippen molar-refractivity contribution in [3.05, 3.63) is 72.3 Å². The molecule has 5 heteroatoms. The number of allylic oxidation sites excluding steroid dienone is 1. The second-order valence-corrected chi connectivity index (χ2v) is 8.33. The van der Waals surface area contributed by atoms with Crippen molar-refractivity contribution in [2.45, 2.75) is 56.9 Å². The minimum Gasteiger partial charge on any atom is -0.480 e. The van der Waals surface area contributed by atoms with Crippen LogP contribution in [0, 0.1) is 0 Å². The van der Waals surface area contributed by atoms with E-state index in [9.17, 15) is 14.7 Å². The van der Waals surface area contributed by atoms with Crippen molar-refractivity contribution in [1.82, 2.24) is 5.32 Å². The number of hydrogen-bond acceptors (Lipinski definition) is 3. The Bertz CT molecular complexity index is 893. The summed E-state index contributed by atoms with van der Waals surface area (Å²) >= 11 is 0. The molecule has 2 aromatic carbocycles. The summed E-state index contributed by atoms with van der Waals surface area (Å²) in [5.41, 5.74) is 3.20. The van der Waals surface area contributed by atoms with E-state index in [1.165, 1.54) is 0 Å². The van der Waals surface area contributed by atoms with Crippen LogP contribution in [0.25, 0.3) is 11.1 Å². The lowest BCUT2D eigenvalue weighted by Gasteiger charge is -2.26. The second-order valence-electron chi connectivity index (χ2n) is 8.33. The molecule has 1 aliphatic carbocycles. The third-order valence-electron chi connectivity index (χ3n) is 6.03. The van der Waals surface area contributed by atoms with Crippen LogP contribution in [-0.2, 0) is 9.53 Å². The summed E-state index contributed by atoms with van der Waals surface area (Å²) in [6.07, 6.45) is 6.24. The number of hydrogen-bond donors (Lipinski definition) is 2. The molecular weight excluding hydrogens is 390 g/mol. The van der Waals surface area contributed by atoms with Gasteiger partial charge in [-0.2, -0.15) is 0 Å². The molecule has 0 saturated carbocycles. The maximum absolute atomic E-state index is 12.5. The normalized spacial score (nSPS) is 14.2. The molecule has 3 rings (SSSR count). The van der Waals surface area contributed by atoms with E-state index < -0.39 is 17.6 Å². The Kier molecular flexibility index (Phi) is 7.50. The summed E-state index contributed by atoms with van der Waals surface area (Å²) in [5.74, 6) is -1.11. The number of carbonyl (C=O) groups is 2. The van der Waals surface area contributed by atoms with Gasteiger partial charge in [-0.05, 0) is 48.4 Å². The van der Waals surface area contributed by atoms with Gasteiger partial charge in [0.1, 0.15) is 12.1 Å². The molecule has 0 aromatic heterocycles. The van der Waals surface area contributed by atoms with E-state index in [-0.39, 0.29) is 12.5 Å². The van der Waals surface area contributed by atoms with Crippen molar-refractivity contribution in [3.8, 4) is 11.1 Å². The Hall–Kier alpha value is -3.08. The van der Waals surface area contributed by atoms with Crippen molar-refractivity contribution < 1.29 is 19.4 Å². The molecule has 0 fully saturated rings. The van der Waals surface area contributed by atoms with Crippen LogP contribution in [0.2, 0.25) is 0 Å². The highest BCUT2D eigenvalue weighted by Gasteiger charge is 2.35. The fourth-order valence-electron chi connectivity index (χ4n) is 4.20. The summed E-state index contributed by atoms with van der Waals surface area (Å²) in [6, 6.07) is 16.2. The smallest absolute Gasteiger partial charge is 0.408 e. The number of carboxylic acids is 1. The highest BCUT2D eigenvalue weighted by Crippen LogP contribution is 2.44. The van der Waals surface area contributed by atoms with Crippen LogP contribution in [-0.4, -0.2) is 29.3 Å². The molecule has 0 spiro atoms. The largest absolute Gasteiger partial charge is 0.480 e. The Balaban J connectivity index is 1.58. The number of carboxylic acid groups (broad SMARTS) is 1. The zero-order valence-corrected chi connectivity index (χ0v) is 18.1. The molecule has 31 heavy (non-hydrogen) atoms. The van der Waals surface area contributed by atoms with Crippen LogP contribution in [0.5, 0.6) is 0 Å². The standard InChI is InChI=1S/C26H31NO4/c1-3-4-5-6-7-12-17-26(2,24(28)29)27-25(30)31-18-23-21-15-10-8-13-19(21)20-14-9-11-16-22(20)23/h3,8-11,13-16,23H,1,4-7,12,17-18H2,2H3,(H,27,30)(H,28,29). The van der Waals surface area contributed by atoms with Crippen molar-refractivity contribution in [3.63, 3.8) is 0 Å². The molecule has 1 unspecified atom stereocenters. The highest BCUT2D eigenvalue weighted by molar-refractivity contribution is 5.84. The number of benzene rings is 2. The van der Waals surface area contributed by atoms with Gasteiger partial charge in [0.25, 0.3) is 0 Å². The van der Waals surface area contributed by atoms with E-state index in [0.717, 1.165) is 54.4 Å². The van der Waals surface area contributed by atoms with Gasteiger partial charge in [0.2, 0.25) is 0 Å². The van der Waals surface area contributed by atoms with Gasteiger partial charge in [-0.1, -0.05) is 73.9 Å².